The fourth-order valence-corrected chi connectivity index (χ4v) is 2.57. The highest BCUT2D eigenvalue weighted by Gasteiger charge is 2.12. The lowest BCUT2D eigenvalue weighted by Crippen LogP contribution is -2.29. The Morgan fingerprint density at radius 3 is 2.70 bits per heavy atom. The van der Waals surface area contributed by atoms with Crippen LogP contribution in [0.1, 0.15) is 22.7 Å². The predicted molar refractivity (Wildman–Crippen MR) is 83.0 cm³/mol. The molecule has 0 aliphatic rings. The van der Waals surface area contributed by atoms with Crippen LogP contribution in [0.15, 0.2) is 42.5 Å². The van der Waals surface area contributed by atoms with Crippen LogP contribution in [0.4, 0.5) is 0 Å². The molecule has 2 rings (SSSR count). The fraction of sp³-hybridized carbons (Fsp3) is 0.250. The van der Waals surface area contributed by atoms with Gasteiger partial charge in [-0.25, -0.2) is 0 Å². The van der Waals surface area contributed by atoms with Crippen molar-refractivity contribution < 1.29 is 4.74 Å². The lowest BCUT2D eigenvalue weighted by molar-refractivity contribution is 0.414. The molecule has 4 heteroatoms. The summed E-state index contributed by atoms with van der Waals surface area (Å²) in [6.07, 6.45) is 0.771. The number of aryl methyl sites for hydroxylation is 1. The van der Waals surface area contributed by atoms with Crippen LogP contribution in [-0.4, -0.2) is 7.11 Å². The summed E-state index contributed by atoms with van der Waals surface area (Å²) in [5.74, 6) is 6.55. The normalized spacial score (nSPS) is 12.2. The van der Waals surface area contributed by atoms with Gasteiger partial charge in [0.1, 0.15) is 5.75 Å². The first kappa shape index (κ1) is 14.9. The lowest BCUT2D eigenvalue weighted by Gasteiger charge is -2.18. The highest BCUT2D eigenvalue weighted by Crippen LogP contribution is 2.24. The number of halogens is 1. The van der Waals surface area contributed by atoms with E-state index < -0.39 is 0 Å². The molecule has 0 saturated heterocycles. The number of nitrogens with two attached hydrogens (primary N) is 1. The Bertz CT molecular complexity index is 566. The highest BCUT2D eigenvalue weighted by molar-refractivity contribution is 6.30. The van der Waals surface area contributed by atoms with Crippen molar-refractivity contribution in [1.82, 2.24) is 5.43 Å². The van der Waals surface area contributed by atoms with Gasteiger partial charge in [0.15, 0.2) is 0 Å². The number of methoxy groups -OCH3 is 1. The molecule has 0 aromatic heterocycles. The van der Waals surface area contributed by atoms with Gasteiger partial charge in [0.05, 0.1) is 13.2 Å². The van der Waals surface area contributed by atoms with Gasteiger partial charge in [-0.15, -0.1) is 0 Å². The van der Waals surface area contributed by atoms with Gasteiger partial charge >= 0.3 is 0 Å². The number of hydrogen-bond acceptors (Lipinski definition) is 3. The number of rotatable bonds is 5. The van der Waals surface area contributed by atoms with E-state index in [4.69, 9.17) is 22.2 Å². The summed E-state index contributed by atoms with van der Waals surface area (Å²) in [6, 6.07) is 14.0. The molecule has 0 aliphatic carbocycles. The highest BCUT2D eigenvalue weighted by atomic mass is 35.5. The van der Waals surface area contributed by atoms with E-state index >= 15 is 0 Å². The monoisotopic (exact) mass is 290 g/mol. The van der Waals surface area contributed by atoms with Crippen molar-refractivity contribution in [3.63, 3.8) is 0 Å². The molecular weight excluding hydrogens is 272 g/mol. The van der Waals surface area contributed by atoms with Crippen LogP contribution in [0, 0.1) is 6.92 Å². The molecule has 3 nitrogen and oxygen atoms in total. The van der Waals surface area contributed by atoms with Crippen LogP contribution in [0.3, 0.4) is 0 Å². The summed E-state index contributed by atoms with van der Waals surface area (Å²) in [6.45, 7) is 2.02. The Morgan fingerprint density at radius 1 is 1.25 bits per heavy atom. The maximum atomic E-state index is 6.11. The minimum atomic E-state index is 0.0134. The van der Waals surface area contributed by atoms with Crippen LogP contribution in [0.25, 0.3) is 0 Å². The molecular formula is C16H19ClN2O. The van der Waals surface area contributed by atoms with Crippen LogP contribution >= 0.6 is 11.6 Å². The number of ether oxygens (including phenoxy) is 1. The van der Waals surface area contributed by atoms with Gasteiger partial charge in [-0.3, -0.25) is 11.3 Å². The zero-order valence-electron chi connectivity index (χ0n) is 11.7. The summed E-state index contributed by atoms with van der Waals surface area (Å²) in [4.78, 5) is 0. The van der Waals surface area contributed by atoms with Gasteiger partial charge < -0.3 is 4.74 Å². The van der Waals surface area contributed by atoms with Crippen LogP contribution in [0.5, 0.6) is 5.75 Å². The average molecular weight is 291 g/mol. The number of benzene rings is 2. The first-order valence-corrected chi connectivity index (χ1v) is 6.86. The summed E-state index contributed by atoms with van der Waals surface area (Å²) < 4.78 is 5.24. The fourth-order valence-electron chi connectivity index (χ4n) is 2.27. The molecule has 1 unspecified atom stereocenters. The molecule has 0 spiro atoms. The predicted octanol–water partition coefficient (Wildman–Crippen LogP) is 3.40. The second-order valence-corrected chi connectivity index (χ2v) is 5.27. The van der Waals surface area contributed by atoms with Crippen molar-refractivity contribution >= 4 is 11.6 Å². The molecule has 0 aliphatic heterocycles. The molecule has 20 heavy (non-hydrogen) atoms. The Labute approximate surface area is 124 Å². The lowest BCUT2D eigenvalue weighted by atomic mass is 9.98. The van der Waals surface area contributed by atoms with Gasteiger partial charge in [0.2, 0.25) is 0 Å². The van der Waals surface area contributed by atoms with Gasteiger partial charge in [-0.05, 0) is 54.3 Å². The van der Waals surface area contributed by atoms with E-state index in [0.717, 1.165) is 33.9 Å². The summed E-state index contributed by atoms with van der Waals surface area (Å²) in [5, 5.41) is 0.728. The zero-order chi connectivity index (χ0) is 14.5. The molecule has 106 valence electrons. The zero-order valence-corrected chi connectivity index (χ0v) is 12.4. The topological polar surface area (TPSA) is 47.3 Å². The average Bonchev–Trinajstić information content (AvgIpc) is 2.44. The molecule has 0 saturated carbocycles. The third kappa shape index (κ3) is 3.73. The maximum absolute atomic E-state index is 6.11. The molecule has 3 N–H and O–H groups in total. The van der Waals surface area contributed by atoms with Crippen molar-refractivity contribution in [1.29, 1.82) is 0 Å². The quantitative estimate of drug-likeness (QED) is 0.655. The first-order chi connectivity index (χ1) is 9.62. The van der Waals surface area contributed by atoms with E-state index in [-0.39, 0.29) is 6.04 Å². The molecule has 0 amide bonds. The molecule has 0 bridgehead atoms. The van der Waals surface area contributed by atoms with Crippen LogP contribution in [0.2, 0.25) is 5.02 Å². The summed E-state index contributed by atoms with van der Waals surface area (Å²) in [5.41, 5.74) is 6.22. The third-order valence-corrected chi connectivity index (χ3v) is 3.46. The van der Waals surface area contributed by atoms with Crippen molar-refractivity contribution in [3.05, 3.63) is 64.2 Å². The van der Waals surface area contributed by atoms with E-state index in [1.165, 1.54) is 0 Å². The standard InChI is InChI=1S/C16H19ClN2O/c1-11-6-13(10-14(17)7-11)16(19-18)9-12-4-3-5-15(8-12)20-2/h3-8,10,16,19H,9,18H2,1-2H3. The van der Waals surface area contributed by atoms with E-state index in [1.54, 1.807) is 7.11 Å². The molecule has 0 heterocycles. The SMILES string of the molecule is COc1cccc(CC(NN)c2cc(C)cc(Cl)c2)c1. The Kier molecular flexibility index (Phi) is 5.01. The minimum absolute atomic E-state index is 0.0134. The van der Waals surface area contributed by atoms with E-state index in [9.17, 15) is 0 Å². The molecule has 1 atom stereocenters. The largest absolute Gasteiger partial charge is 0.497 e. The van der Waals surface area contributed by atoms with Crippen molar-refractivity contribution in [2.24, 2.45) is 5.84 Å². The third-order valence-electron chi connectivity index (χ3n) is 3.24. The first-order valence-electron chi connectivity index (χ1n) is 6.48. The summed E-state index contributed by atoms with van der Waals surface area (Å²) in [7, 11) is 1.66. The molecule has 2 aromatic rings. The van der Waals surface area contributed by atoms with Crippen molar-refractivity contribution in [2.45, 2.75) is 19.4 Å². The number of hydrogen-bond donors (Lipinski definition) is 2. The van der Waals surface area contributed by atoms with Gasteiger partial charge in [-0.1, -0.05) is 29.8 Å². The summed E-state index contributed by atoms with van der Waals surface area (Å²) >= 11 is 6.11. The second kappa shape index (κ2) is 6.75. The molecule has 0 fully saturated rings. The Hall–Kier alpha value is -1.55. The van der Waals surface area contributed by atoms with Crippen LogP contribution in [-0.2, 0) is 6.42 Å². The van der Waals surface area contributed by atoms with Gasteiger partial charge in [0, 0.05) is 5.02 Å². The van der Waals surface area contributed by atoms with Crippen molar-refractivity contribution in [2.75, 3.05) is 7.11 Å². The van der Waals surface area contributed by atoms with E-state index in [1.807, 2.05) is 37.3 Å². The maximum Gasteiger partial charge on any atom is 0.119 e. The minimum Gasteiger partial charge on any atom is -0.497 e. The van der Waals surface area contributed by atoms with Crippen LogP contribution < -0.4 is 16.0 Å². The Balaban J connectivity index is 2.23. The molecule has 2 aromatic carbocycles. The van der Waals surface area contributed by atoms with Crippen molar-refractivity contribution in [3.8, 4) is 5.75 Å². The second-order valence-electron chi connectivity index (χ2n) is 4.84. The Morgan fingerprint density at radius 2 is 2.05 bits per heavy atom. The van der Waals surface area contributed by atoms with E-state index in [0.29, 0.717) is 0 Å². The van der Waals surface area contributed by atoms with Gasteiger partial charge in [0.25, 0.3) is 0 Å². The molecule has 0 radical (unpaired) electrons. The van der Waals surface area contributed by atoms with Gasteiger partial charge in [-0.2, -0.15) is 0 Å². The number of hydrazine groups is 1. The van der Waals surface area contributed by atoms with E-state index in [2.05, 4.69) is 17.6 Å². The number of nitrogens with one attached hydrogen (secondary N) is 1. The smallest absolute Gasteiger partial charge is 0.119 e.